The molecule has 0 saturated heterocycles. The second-order valence-electron chi connectivity index (χ2n) is 5.76. The number of alkyl halides is 1. The Kier molecular flexibility index (Phi) is 5.18. The summed E-state index contributed by atoms with van der Waals surface area (Å²) in [5, 5.41) is 3.83. The molecule has 0 fully saturated rings. The fourth-order valence-electron chi connectivity index (χ4n) is 2.14. The highest BCUT2D eigenvalue weighted by Crippen LogP contribution is 2.21. The van der Waals surface area contributed by atoms with Crippen LogP contribution in [0.5, 0.6) is 0 Å². The van der Waals surface area contributed by atoms with Gasteiger partial charge in [0.05, 0.1) is 0 Å². The first kappa shape index (κ1) is 15.8. The molecule has 2 nitrogen and oxygen atoms in total. The summed E-state index contributed by atoms with van der Waals surface area (Å²) >= 11 is 3.40. The van der Waals surface area contributed by atoms with E-state index in [9.17, 15) is 4.79 Å². The van der Waals surface area contributed by atoms with Crippen LogP contribution in [0, 0.1) is 0 Å². The molecular weight excluding hydrogens is 326 g/mol. The molecule has 0 unspecified atom stereocenters. The monoisotopic (exact) mass is 345 g/mol. The summed E-state index contributed by atoms with van der Waals surface area (Å²) in [6.07, 6.45) is 0. The van der Waals surface area contributed by atoms with E-state index >= 15 is 0 Å². The van der Waals surface area contributed by atoms with Crippen molar-refractivity contribution in [2.75, 3.05) is 6.54 Å². The molecule has 110 valence electrons. The normalized spacial score (nSPS) is 11.2. The van der Waals surface area contributed by atoms with Crippen molar-refractivity contribution >= 4 is 21.8 Å². The van der Waals surface area contributed by atoms with Gasteiger partial charge in [-0.1, -0.05) is 72.2 Å². The Balaban J connectivity index is 2.00. The Morgan fingerprint density at radius 1 is 1.05 bits per heavy atom. The SMILES string of the molecule is CC(C)(CNC(=O)c1ccc(CBr)cc1)c1ccccc1. The van der Waals surface area contributed by atoms with E-state index < -0.39 is 0 Å². The fourth-order valence-corrected chi connectivity index (χ4v) is 2.51. The molecule has 2 aromatic carbocycles. The second kappa shape index (κ2) is 6.90. The maximum Gasteiger partial charge on any atom is 0.251 e. The van der Waals surface area contributed by atoms with Gasteiger partial charge in [0.25, 0.3) is 5.91 Å². The van der Waals surface area contributed by atoms with Crippen molar-refractivity contribution in [3.8, 4) is 0 Å². The quantitative estimate of drug-likeness (QED) is 0.804. The predicted octanol–water partition coefficient (Wildman–Crippen LogP) is 4.29. The molecule has 0 aromatic heterocycles. The molecule has 0 radical (unpaired) electrons. The average Bonchev–Trinajstić information content (AvgIpc) is 2.53. The van der Waals surface area contributed by atoms with E-state index in [1.165, 1.54) is 5.56 Å². The molecule has 21 heavy (non-hydrogen) atoms. The Hall–Kier alpha value is -1.61. The van der Waals surface area contributed by atoms with Crippen molar-refractivity contribution in [1.29, 1.82) is 0 Å². The third-order valence-corrected chi connectivity index (χ3v) is 4.26. The molecule has 1 amide bonds. The van der Waals surface area contributed by atoms with Gasteiger partial charge in [0, 0.05) is 22.9 Å². The number of hydrogen-bond donors (Lipinski definition) is 1. The van der Waals surface area contributed by atoms with Gasteiger partial charge in [0.1, 0.15) is 0 Å². The molecule has 2 rings (SSSR count). The number of carbonyl (C=O) groups excluding carboxylic acids is 1. The molecule has 2 aromatic rings. The van der Waals surface area contributed by atoms with E-state index in [4.69, 9.17) is 0 Å². The zero-order valence-electron chi connectivity index (χ0n) is 12.4. The van der Waals surface area contributed by atoms with E-state index in [0.29, 0.717) is 12.1 Å². The minimum atomic E-state index is -0.0906. The lowest BCUT2D eigenvalue weighted by molar-refractivity contribution is 0.0945. The van der Waals surface area contributed by atoms with Gasteiger partial charge < -0.3 is 5.32 Å². The van der Waals surface area contributed by atoms with Gasteiger partial charge in [0.15, 0.2) is 0 Å². The van der Waals surface area contributed by atoms with E-state index in [1.54, 1.807) is 0 Å². The van der Waals surface area contributed by atoms with Crippen molar-refractivity contribution in [2.24, 2.45) is 0 Å². The number of hydrogen-bond acceptors (Lipinski definition) is 1. The smallest absolute Gasteiger partial charge is 0.251 e. The van der Waals surface area contributed by atoms with Crippen molar-refractivity contribution in [1.82, 2.24) is 5.32 Å². The fraction of sp³-hybridized carbons (Fsp3) is 0.278. The van der Waals surface area contributed by atoms with Crippen LogP contribution in [-0.4, -0.2) is 12.5 Å². The molecular formula is C18H20BrNO. The zero-order chi connectivity index (χ0) is 15.3. The van der Waals surface area contributed by atoms with Crippen LogP contribution in [0.1, 0.15) is 35.3 Å². The lowest BCUT2D eigenvalue weighted by atomic mass is 9.84. The van der Waals surface area contributed by atoms with Gasteiger partial charge in [0.2, 0.25) is 0 Å². The molecule has 0 saturated carbocycles. The first-order valence-electron chi connectivity index (χ1n) is 7.01. The Morgan fingerprint density at radius 3 is 2.24 bits per heavy atom. The highest BCUT2D eigenvalue weighted by Gasteiger charge is 2.21. The Morgan fingerprint density at radius 2 is 1.67 bits per heavy atom. The van der Waals surface area contributed by atoms with Crippen molar-refractivity contribution < 1.29 is 4.79 Å². The Labute approximate surface area is 134 Å². The third kappa shape index (κ3) is 4.18. The summed E-state index contributed by atoms with van der Waals surface area (Å²) in [6.45, 7) is 4.88. The van der Waals surface area contributed by atoms with Gasteiger partial charge in [-0.3, -0.25) is 4.79 Å². The standard InChI is InChI=1S/C18H20BrNO/c1-18(2,16-6-4-3-5-7-16)13-20-17(21)15-10-8-14(12-19)9-11-15/h3-11H,12-13H2,1-2H3,(H,20,21). The highest BCUT2D eigenvalue weighted by molar-refractivity contribution is 9.08. The molecule has 0 atom stereocenters. The van der Waals surface area contributed by atoms with Gasteiger partial charge in [-0.2, -0.15) is 0 Å². The van der Waals surface area contributed by atoms with Gasteiger partial charge in [-0.15, -0.1) is 0 Å². The van der Waals surface area contributed by atoms with Crippen LogP contribution in [0.25, 0.3) is 0 Å². The molecule has 0 bridgehead atoms. The number of rotatable bonds is 5. The first-order valence-corrected chi connectivity index (χ1v) is 8.14. The van der Waals surface area contributed by atoms with Crippen molar-refractivity contribution in [3.05, 3.63) is 71.3 Å². The van der Waals surface area contributed by atoms with Gasteiger partial charge in [-0.05, 0) is 23.3 Å². The number of amides is 1. The van der Waals surface area contributed by atoms with E-state index in [0.717, 1.165) is 10.9 Å². The Bertz CT molecular complexity index is 590. The van der Waals surface area contributed by atoms with E-state index in [-0.39, 0.29) is 11.3 Å². The summed E-state index contributed by atoms with van der Waals surface area (Å²) in [4.78, 5) is 12.2. The molecule has 0 aliphatic heterocycles. The molecule has 3 heteroatoms. The maximum atomic E-state index is 12.2. The molecule has 0 spiro atoms. The summed E-state index contributed by atoms with van der Waals surface area (Å²) in [5.74, 6) is -0.0277. The van der Waals surface area contributed by atoms with Crippen LogP contribution in [-0.2, 0) is 10.7 Å². The van der Waals surface area contributed by atoms with E-state index in [1.807, 2.05) is 42.5 Å². The van der Waals surface area contributed by atoms with Crippen LogP contribution < -0.4 is 5.32 Å². The topological polar surface area (TPSA) is 29.1 Å². The van der Waals surface area contributed by atoms with Crippen molar-refractivity contribution in [2.45, 2.75) is 24.6 Å². The van der Waals surface area contributed by atoms with Crippen LogP contribution in [0.4, 0.5) is 0 Å². The number of carbonyl (C=O) groups is 1. The average molecular weight is 346 g/mol. The lowest BCUT2D eigenvalue weighted by Gasteiger charge is -2.25. The molecule has 0 aliphatic rings. The van der Waals surface area contributed by atoms with E-state index in [2.05, 4.69) is 47.2 Å². The molecule has 0 heterocycles. The van der Waals surface area contributed by atoms with Crippen LogP contribution >= 0.6 is 15.9 Å². The second-order valence-corrected chi connectivity index (χ2v) is 6.32. The highest BCUT2D eigenvalue weighted by atomic mass is 79.9. The number of benzene rings is 2. The zero-order valence-corrected chi connectivity index (χ0v) is 14.0. The minimum absolute atomic E-state index is 0.0277. The van der Waals surface area contributed by atoms with Crippen LogP contribution in [0.3, 0.4) is 0 Å². The molecule has 0 aliphatic carbocycles. The predicted molar refractivity (Wildman–Crippen MR) is 90.9 cm³/mol. The summed E-state index contributed by atoms with van der Waals surface area (Å²) < 4.78 is 0. The van der Waals surface area contributed by atoms with Crippen LogP contribution in [0.15, 0.2) is 54.6 Å². The van der Waals surface area contributed by atoms with Crippen molar-refractivity contribution in [3.63, 3.8) is 0 Å². The minimum Gasteiger partial charge on any atom is -0.351 e. The largest absolute Gasteiger partial charge is 0.351 e. The lowest BCUT2D eigenvalue weighted by Crippen LogP contribution is -2.36. The number of nitrogens with one attached hydrogen (secondary N) is 1. The summed E-state index contributed by atoms with van der Waals surface area (Å²) in [6, 6.07) is 17.9. The summed E-state index contributed by atoms with van der Waals surface area (Å²) in [7, 11) is 0. The maximum absolute atomic E-state index is 12.2. The van der Waals surface area contributed by atoms with Gasteiger partial charge in [-0.25, -0.2) is 0 Å². The third-order valence-electron chi connectivity index (χ3n) is 3.62. The number of halogens is 1. The van der Waals surface area contributed by atoms with Crippen LogP contribution in [0.2, 0.25) is 0 Å². The summed E-state index contributed by atoms with van der Waals surface area (Å²) in [5.41, 5.74) is 2.99. The first-order chi connectivity index (χ1) is 10.0. The molecule has 1 N–H and O–H groups in total. The van der Waals surface area contributed by atoms with Gasteiger partial charge >= 0.3 is 0 Å².